The van der Waals surface area contributed by atoms with E-state index in [4.69, 9.17) is 0 Å². The van der Waals surface area contributed by atoms with Crippen LogP contribution in [0.25, 0.3) is 0 Å². The van der Waals surface area contributed by atoms with Crippen molar-refractivity contribution in [3.63, 3.8) is 0 Å². The molecule has 6 nitrogen and oxygen atoms in total. The van der Waals surface area contributed by atoms with Gasteiger partial charge in [0, 0.05) is 12.5 Å². The molecule has 1 aliphatic carbocycles. The van der Waals surface area contributed by atoms with Crippen molar-refractivity contribution >= 4 is 12.0 Å². The van der Waals surface area contributed by atoms with Crippen molar-refractivity contribution in [1.82, 2.24) is 10.8 Å². The van der Waals surface area contributed by atoms with Gasteiger partial charge in [-0.1, -0.05) is 20.8 Å². The minimum absolute atomic E-state index is 0.0199. The number of hydrogen-bond acceptors (Lipinski definition) is 4. The monoisotopic (exact) mass is 286 g/mol. The van der Waals surface area contributed by atoms with E-state index in [1.165, 1.54) is 14.2 Å². The average Bonchev–Trinajstić information content (AvgIpc) is 2.25. The summed E-state index contributed by atoms with van der Waals surface area (Å²) in [5.74, 6) is -0.135. The summed E-state index contributed by atoms with van der Waals surface area (Å²) in [6.45, 7) is 6.39. The molecule has 0 saturated heterocycles. The van der Waals surface area contributed by atoms with Gasteiger partial charge < -0.3 is 10.1 Å². The molecule has 116 valence electrons. The lowest BCUT2D eigenvalue weighted by molar-refractivity contribution is -0.134. The molecule has 0 aromatic carbocycles. The lowest BCUT2D eigenvalue weighted by atomic mass is 9.61. The van der Waals surface area contributed by atoms with Gasteiger partial charge in [-0.2, -0.15) is 0 Å². The van der Waals surface area contributed by atoms with Crippen LogP contribution in [0.4, 0.5) is 4.79 Å². The van der Waals surface area contributed by atoms with Crippen LogP contribution in [-0.4, -0.2) is 32.3 Å². The van der Waals surface area contributed by atoms with Crippen LogP contribution >= 0.6 is 0 Å². The lowest BCUT2D eigenvalue weighted by Crippen LogP contribution is -2.48. The van der Waals surface area contributed by atoms with Gasteiger partial charge >= 0.3 is 6.09 Å². The van der Waals surface area contributed by atoms with Crippen molar-refractivity contribution in [2.45, 2.75) is 52.5 Å². The van der Waals surface area contributed by atoms with E-state index in [1.807, 2.05) is 0 Å². The summed E-state index contributed by atoms with van der Waals surface area (Å²) in [6.07, 6.45) is 2.52. The van der Waals surface area contributed by atoms with Crippen LogP contribution in [0, 0.1) is 10.8 Å². The van der Waals surface area contributed by atoms with E-state index in [0.29, 0.717) is 6.42 Å². The first-order chi connectivity index (χ1) is 9.19. The topological polar surface area (TPSA) is 76.7 Å². The number of amides is 2. The van der Waals surface area contributed by atoms with Crippen LogP contribution < -0.4 is 10.8 Å². The number of methoxy groups -OCH3 is 1. The van der Waals surface area contributed by atoms with Crippen LogP contribution in [0.5, 0.6) is 0 Å². The van der Waals surface area contributed by atoms with Crippen molar-refractivity contribution in [3.05, 3.63) is 0 Å². The quantitative estimate of drug-likeness (QED) is 0.775. The van der Waals surface area contributed by atoms with Gasteiger partial charge in [-0.05, 0) is 30.1 Å². The Morgan fingerprint density at radius 2 is 1.85 bits per heavy atom. The number of hydroxylamine groups is 1. The highest BCUT2D eigenvalue weighted by molar-refractivity contribution is 5.75. The normalized spacial score (nSPS) is 28.6. The van der Waals surface area contributed by atoms with E-state index in [0.717, 1.165) is 19.3 Å². The summed E-state index contributed by atoms with van der Waals surface area (Å²) < 4.78 is 4.66. The first-order valence-electron chi connectivity index (χ1n) is 6.86. The molecular weight excluding hydrogens is 260 g/mol. The average molecular weight is 286 g/mol. The maximum atomic E-state index is 11.8. The second-order valence-electron chi connectivity index (χ2n) is 6.80. The molecule has 2 atom stereocenters. The molecule has 0 radical (unpaired) electrons. The number of carbonyl (C=O) groups is 2. The second-order valence-corrected chi connectivity index (χ2v) is 6.80. The third-order valence-corrected chi connectivity index (χ3v) is 3.75. The molecule has 6 heteroatoms. The summed E-state index contributed by atoms with van der Waals surface area (Å²) in [7, 11) is 2.78. The van der Waals surface area contributed by atoms with Crippen molar-refractivity contribution in [2.75, 3.05) is 14.2 Å². The molecule has 0 bridgehead atoms. The summed E-state index contributed by atoms with van der Waals surface area (Å²) in [5, 5.41) is 2.86. The van der Waals surface area contributed by atoms with Crippen molar-refractivity contribution < 1.29 is 19.2 Å². The fourth-order valence-electron chi connectivity index (χ4n) is 3.63. The molecular formula is C14H26N2O4. The number of nitrogens with one attached hydrogen (secondary N) is 2. The SMILES string of the molecule is CONC(=O)CC1(C)CC(NC(=O)OC)CC(C)(C)C1. The van der Waals surface area contributed by atoms with E-state index in [9.17, 15) is 9.59 Å². The second kappa shape index (κ2) is 6.43. The molecule has 0 aromatic heterocycles. The molecule has 0 heterocycles. The Morgan fingerprint density at radius 1 is 1.20 bits per heavy atom. The molecule has 20 heavy (non-hydrogen) atoms. The zero-order valence-corrected chi connectivity index (χ0v) is 13.0. The van der Waals surface area contributed by atoms with E-state index >= 15 is 0 Å². The van der Waals surface area contributed by atoms with Gasteiger partial charge in [-0.15, -0.1) is 0 Å². The highest BCUT2D eigenvalue weighted by Gasteiger charge is 2.42. The Labute approximate surface area is 120 Å². The summed E-state index contributed by atoms with van der Waals surface area (Å²) >= 11 is 0. The van der Waals surface area contributed by atoms with Gasteiger partial charge in [0.1, 0.15) is 0 Å². The molecule has 2 unspecified atom stereocenters. The summed E-state index contributed by atoms with van der Waals surface area (Å²) in [6, 6.07) is 0.0199. The first kappa shape index (κ1) is 16.8. The Hall–Kier alpha value is -1.30. The van der Waals surface area contributed by atoms with E-state index in [-0.39, 0.29) is 22.8 Å². The van der Waals surface area contributed by atoms with E-state index in [2.05, 4.69) is 41.1 Å². The molecule has 0 aromatic rings. The standard InChI is InChI=1S/C14H26N2O4/c1-13(2)6-10(15-12(18)19-4)7-14(3,9-13)8-11(17)16-20-5/h10H,6-9H2,1-5H3,(H,15,18)(H,16,17). The number of carbonyl (C=O) groups excluding carboxylic acids is 2. The van der Waals surface area contributed by atoms with Crippen LogP contribution in [0.3, 0.4) is 0 Å². The maximum absolute atomic E-state index is 11.8. The predicted molar refractivity (Wildman–Crippen MR) is 74.8 cm³/mol. The minimum Gasteiger partial charge on any atom is -0.453 e. The van der Waals surface area contributed by atoms with Crippen LogP contribution in [0.2, 0.25) is 0 Å². The molecule has 1 aliphatic rings. The maximum Gasteiger partial charge on any atom is 0.407 e. The van der Waals surface area contributed by atoms with E-state index < -0.39 is 6.09 Å². The minimum atomic E-state index is -0.420. The number of hydrogen-bond donors (Lipinski definition) is 2. The zero-order chi connectivity index (χ0) is 15.4. The van der Waals surface area contributed by atoms with Crippen LogP contribution in [0.1, 0.15) is 46.5 Å². The fourth-order valence-corrected chi connectivity index (χ4v) is 3.63. The van der Waals surface area contributed by atoms with Gasteiger partial charge in [0.25, 0.3) is 0 Å². The van der Waals surface area contributed by atoms with Gasteiger partial charge in [0.15, 0.2) is 0 Å². The van der Waals surface area contributed by atoms with Crippen molar-refractivity contribution in [1.29, 1.82) is 0 Å². The molecule has 1 saturated carbocycles. The Balaban J connectivity index is 2.75. The largest absolute Gasteiger partial charge is 0.453 e. The first-order valence-corrected chi connectivity index (χ1v) is 6.86. The van der Waals surface area contributed by atoms with Crippen LogP contribution in [0.15, 0.2) is 0 Å². The smallest absolute Gasteiger partial charge is 0.407 e. The van der Waals surface area contributed by atoms with Gasteiger partial charge in [-0.25, -0.2) is 10.3 Å². The number of rotatable bonds is 4. The van der Waals surface area contributed by atoms with Gasteiger partial charge in [0.05, 0.1) is 14.2 Å². The third kappa shape index (κ3) is 5.00. The molecule has 0 aliphatic heterocycles. The predicted octanol–water partition coefficient (Wildman–Crippen LogP) is 2.00. The molecule has 1 fully saturated rings. The molecule has 0 spiro atoms. The Morgan fingerprint density at radius 3 is 2.40 bits per heavy atom. The van der Waals surface area contributed by atoms with Gasteiger partial charge in [-0.3, -0.25) is 9.63 Å². The molecule has 2 amide bonds. The molecule has 2 N–H and O–H groups in total. The van der Waals surface area contributed by atoms with Crippen LogP contribution in [-0.2, 0) is 14.4 Å². The number of alkyl carbamates (subject to hydrolysis) is 1. The molecule has 1 rings (SSSR count). The zero-order valence-electron chi connectivity index (χ0n) is 13.0. The third-order valence-electron chi connectivity index (χ3n) is 3.75. The summed E-state index contributed by atoms with van der Waals surface area (Å²) in [4.78, 5) is 27.8. The highest BCUT2D eigenvalue weighted by Crippen LogP contribution is 2.47. The highest BCUT2D eigenvalue weighted by atomic mass is 16.6. The van der Waals surface area contributed by atoms with Crippen molar-refractivity contribution in [3.8, 4) is 0 Å². The van der Waals surface area contributed by atoms with E-state index in [1.54, 1.807) is 0 Å². The Bertz CT molecular complexity index is 370. The fraction of sp³-hybridized carbons (Fsp3) is 0.857. The van der Waals surface area contributed by atoms with Gasteiger partial charge in [0.2, 0.25) is 5.91 Å². The van der Waals surface area contributed by atoms with Crippen molar-refractivity contribution in [2.24, 2.45) is 10.8 Å². The lowest BCUT2D eigenvalue weighted by Gasteiger charge is -2.46. The number of ether oxygens (including phenoxy) is 1. The summed E-state index contributed by atoms with van der Waals surface area (Å²) in [5.41, 5.74) is 2.25. The Kier molecular flexibility index (Phi) is 5.39.